The monoisotopic (exact) mass is 448 g/mol. The van der Waals surface area contributed by atoms with Gasteiger partial charge >= 0.3 is 0 Å². The lowest BCUT2D eigenvalue weighted by molar-refractivity contribution is -0.140. The van der Waals surface area contributed by atoms with Crippen molar-refractivity contribution in [3.05, 3.63) is 106 Å². The van der Waals surface area contributed by atoms with E-state index in [1.54, 1.807) is 24.0 Å². The van der Waals surface area contributed by atoms with Crippen molar-refractivity contribution in [1.29, 1.82) is 0 Å². The number of carbonyl (C=O) groups is 2. The number of hydrogen-bond acceptors (Lipinski definition) is 2. The van der Waals surface area contributed by atoms with Gasteiger partial charge in [-0.15, -0.1) is 0 Å². The second-order valence-corrected chi connectivity index (χ2v) is 8.45. The summed E-state index contributed by atoms with van der Waals surface area (Å²) in [6.45, 7) is 4.58. The van der Waals surface area contributed by atoms with E-state index in [0.29, 0.717) is 31.0 Å². The van der Waals surface area contributed by atoms with Gasteiger partial charge in [0, 0.05) is 24.5 Å². The minimum atomic E-state index is -0.598. The molecule has 1 atom stereocenters. The summed E-state index contributed by atoms with van der Waals surface area (Å²) in [7, 11) is 0. The highest BCUT2D eigenvalue weighted by atomic mass is 35.5. The summed E-state index contributed by atoms with van der Waals surface area (Å²) in [6.07, 6.45) is 0.974. The molecule has 0 aliphatic carbocycles. The molecule has 5 heteroatoms. The molecule has 0 unspecified atom stereocenters. The highest BCUT2D eigenvalue weighted by Crippen LogP contribution is 2.16. The Bertz CT molecular complexity index is 1020. The molecule has 0 spiro atoms. The number of benzene rings is 3. The van der Waals surface area contributed by atoms with E-state index >= 15 is 0 Å². The molecule has 166 valence electrons. The lowest BCUT2D eigenvalue weighted by atomic mass is 10.1. The van der Waals surface area contributed by atoms with Gasteiger partial charge in [0.1, 0.15) is 6.04 Å². The Morgan fingerprint density at radius 3 is 2.16 bits per heavy atom. The maximum Gasteiger partial charge on any atom is 0.242 e. The molecule has 3 aromatic rings. The third-order valence-corrected chi connectivity index (χ3v) is 5.74. The Morgan fingerprint density at radius 1 is 0.875 bits per heavy atom. The molecular formula is C27H29ClN2O2. The Labute approximate surface area is 195 Å². The molecule has 0 saturated heterocycles. The van der Waals surface area contributed by atoms with Gasteiger partial charge in [0.2, 0.25) is 11.8 Å². The first-order valence-corrected chi connectivity index (χ1v) is 11.2. The highest BCUT2D eigenvalue weighted by molar-refractivity contribution is 6.30. The smallest absolute Gasteiger partial charge is 0.242 e. The molecule has 0 heterocycles. The Balaban J connectivity index is 1.68. The van der Waals surface area contributed by atoms with Gasteiger partial charge in [-0.3, -0.25) is 9.59 Å². The summed E-state index contributed by atoms with van der Waals surface area (Å²) >= 11 is 6.01. The van der Waals surface area contributed by atoms with Crippen molar-refractivity contribution in [3.63, 3.8) is 0 Å². The van der Waals surface area contributed by atoms with Crippen LogP contribution in [0.25, 0.3) is 0 Å². The number of amides is 2. The Hall–Kier alpha value is -3.11. The molecule has 0 fully saturated rings. The van der Waals surface area contributed by atoms with Crippen molar-refractivity contribution in [1.82, 2.24) is 10.2 Å². The van der Waals surface area contributed by atoms with E-state index in [-0.39, 0.29) is 11.8 Å². The molecule has 4 nitrogen and oxygen atoms in total. The summed E-state index contributed by atoms with van der Waals surface area (Å²) in [5, 5.41) is 3.61. The van der Waals surface area contributed by atoms with Crippen LogP contribution in [0.1, 0.15) is 35.6 Å². The maximum atomic E-state index is 13.2. The number of halogens is 1. The highest BCUT2D eigenvalue weighted by Gasteiger charge is 2.25. The molecular weight excluding hydrogens is 420 g/mol. The molecule has 0 bridgehead atoms. The summed E-state index contributed by atoms with van der Waals surface area (Å²) in [6, 6.07) is 24.7. The maximum absolute atomic E-state index is 13.2. The third-order valence-electron chi connectivity index (χ3n) is 5.49. The number of nitrogens with zero attached hydrogens (tertiary/aromatic N) is 1. The van der Waals surface area contributed by atoms with E-state index in [2.05, 4.69) is 5.32 Å². The minimum Gasteiger partial charge on any atom is -0.350 e. The fourth-order valence-electron chi connectivity index (χ4n) is 3.45. The van der Waals surface area contributed by atoms with Crippen LogP contribution in [0.15, 0.2) is 78.9 Å². The molecule has 32 heavy (non-hydrogen) atoms. The van der Waals surface area contributed by atoms with Crippen LogP contribution >= 0.6 is 11.6 Å². The largest absolute Gasteiger partial charge is 0.350 e. The van der Waals surface area contributed by atoms with Crippen LogP contribution in [0, 0.1) is 6.92 Å². The standard InChI is InChI=1S/C27H29ClN2O2/c1-20-8-10-23(11-9-20)18-29-27(32)21(2)30(19-24-12-15-25(28)16-13-24)26(31)17-14-22-6-4-3-5-7-22/h3-13,15-16,21H,14,17-19H2,1-2H3,(H,29,32)/t21-/m1/s1. The zero-order valence-corrected chi connectivity index (χ0v) is 19.3. The summed E-state index contributed by atoms with van der Waals surface area (Å²) < 4.78 is 0. The summed E-state index contributed by atoms with van der Waals surface area (Å²) in [4.78, 5) is 27.7. The lowest BCUT2D eigenvalue weighted by Gasteiger charge is -2.29. The van der Waals surface area contributed by atoms with Gasteiger partial charge in [-0.1, -0.05) is 83.9 Å². The van der Waals surface area contributed by atoms with Gasteiger partial charge in [-0.2, -0.15) is 0 Å². The minimum absolute atomic E-state index is 0.0539. The average molecular weight is 449 g/mol. The zero-order valence-electron chi connectivity index (χ0n) is 18.6. The molecule has 2 amide bonds. The molecule has 3 aromatic carbocycles. The van der Waals surface area contributed by atoms with Gasteiger partial charge < -0.3 is 10.2 Å². The Morgan fingerprint density at radius 2 is 1.50 bits per heavy atom. The first-order chi connectivity index (χ1) is 15.4. The zero-order chi connectivity index (χ0) is 22.9. The molecule has 0 aromatic heterocycles. The SMILES string of the molecule is Cc1ccc(CNC(=O)[C@@H](C)N(Cc2ccc(Cl)cc2)C(=O)CCc2ccccc2)cc1. The van der Waals surface area contributed by atoms with E-state index in [4.69, 9.17) is 11.6 Å². The number of carbonyl (C=O) groups excluding carboxylic acids is 2. The van der Waals surface area contributed by atoms with E-state index < -0.39 is 6.04 Å². The van der Waals surface area contributed by atoms with Crippen molar-refractivity contribution in [3.8, 4) is 0 Å². The van der Waals surface area contributed by atoms with Crippen LogP contribution in [0.4, 0.5) is 0 Å². The molecule has 3 rings (SSSR count). The van der Waals surface area contributed by atoms with E-state index in [1.165, 1.54) is 5.56 Å². The molecule has 0 aliphatic heterocycles. The molecule has 0 radical (unpaired) electrons. The van der Waals surface area contributed by atoms with Gasteiger partial charge in [0.25, 0.3) is 0 Å². The normalized spacial score (nSPS) is 11.6. The Kier molecular flexibility index (Phi) is 8.46. The van der Waals surface area contributed by atoms with Gasteiger partial charge in [0.15, 0.2) is 0 Å². The van der Waals surface area contributed by atoms with Crippen molar-refractivity contribution in [2.45, 2.75) is 45.8 Å². The van der Waals surface area contributed by atoms with Crippen molar-refractivity contribution < 1.29 is 9.59 Å². The summed E-state index contributed by atoms with van der Waals surface area (Å²) in [5.41, 5.74) is 4.23. The van der Waals surface area contributed by atoms with Crippen LogP contribution < -0.4 is 5.32 Å². The predicted molar refractivity (Wildman–Crippen MR) is 129 cm³/mol. The lowest BCUT2D eigenvalue weighted by Crippen LogP contribution is -2.47. The van der Waals surface area contributed by atoms with Crippen LogP contribution in [0.3, 0.4) is 0 Å². The van der Waals surface area contributed by atoms with E-state index in [0.717, 1.165) is 16.7 Å². The molecule has 0 aliphatic rings. The van der Waals surface area contributed by atoms with Crippen LogP contribution in [-0.4, -0.2) is 22.8 Å². The average Bonchev–Trinajstić information content (AvgIpc) is 2.82. The fraction of sp³-hybridized carbons (Fsp3) is 0.259. The number of hydrogen-bond donors (Lipinski definition) is 1. The van der Waals surface area contributed by atoms with E-state index in [9.17, 15) is 9.59 Å². The molecule has 0 saturated carbocycles. The van der Waals surface area contributed by atoms with Gasteiger partial charge in [-0.05, 0) is 49.1 Å². The second-order valence-electron chi connectivity index (χ2n) is 8.01. The van der Waals surface area contributed by atoms with Crippen LogP contribution in [-0.2, 0) is 29.1 Å². The second kappa shape index (κ2) is 11.5. The van der Waals surface area contributed by atoms with Crippen molar-refractivity contribution >= 4 is 23.4 Å². The number of rotatable bonds is 9. The van der Waals surface area contributed by atoms with Gasteiger partial charge in [0.05, 0.1) is 0 Å². The quantitative estimate of drug-likeness (QED) is 0.482. The van der Waals surface area contributed by atoms with Crippen LogP contribution in [0.2, 0.25) is 5.02 Å². The van der Waals surface area contributed by atoms with Crippen LogP contribution in [0.5, 0.6) is 0 Å². The molecule has 1 N–H and O–H groups in total. The number of nitrogens with one attached hydrogen (secondary N) is 1. The van der Waals surface area contributed by atoms with Gasteiger partial charge in [-0.25, -0.2) is 0 Å². The summed E-state index contributed by atoms with van der Waals surface area (Å²) in [5.74, 6) is -0.227. The van der Waals surface area contributed by atoms with Crippen molar-refractivity contribution in [2.24, 2.45) is 0 Å². The van der Waals surface area contributed by atoms with Crippen molar-refractivity contribution in [2.75, 3.05) is 0 Å². The first kappa shape index (κ1) is 23.6. The topological polar surface area (TPSA) is 49.4 Å². The predicted octanol–water partition coefficient (Wildman–Crippen LogP) is 5.31. The van der Waals surface area contributed by atoms with E-state index in [1.807, 2.05) is 73.7 Å². The number of aryl methyl sites for hydroxylation is 2. The fourth-order valence-corrected chi connectivity index (χ4v) is 3.58. The third kappa shape index (κ3) is 6.96. The first-order valence-electron chi connectivity index (χ1n) is 10.8.